The lowest BCUT2D eigenvalue weighted by molar-refractivity contribution is 0.0853. The number of aromatic nitrogens is 2. The van der Waals surface area contributed by atoms with Crippen LogP contribution in [0.3, 0.4) is 0 Å². The van der Waals surface area contributed by atoms with Gasteiger partial charge in [0, 0.05) is 23.9 Å². The summed E-state index contributed by atoms with van der Waals surface area (Å²) >= 11 is 6.04. The van der Waals surface area contributed by atoms with E-state index in [0.29, 0.717) is 40.3 Å². The van der Waals surface area contributed by atoms with Crippen LogP contribution in [0, 0.1) is 6.92 Å². The minimum atomic E-state index is -0.257. The molecule has 1 aromatic carbocycles. The summed E-state index contributed by atoms with van der Waals surface area (Å²) in [6.07, 6.45) is 2.07. The highest BCUT2D eigenvalue weighted by molar-refractivity contribution is 6.31. The molecule has 7 nitrogen and oxygen atoms in total. The lowest BCUT2D eigenvalue weighted by atomic mass is 10.2. The summed E-state index contributed by atoms with van der Waals surface area (Å²) in [5, 5.41) is 6.48. The molecule has 2 heterocycles. The topological polar surface area (TPSA) is 85.4 Å². The fourth-order valence-electron chi connectivity index (χ4n) is 2.74. The fraction of sp³-hybridized carbons (Fsp3) is 0.389. The third-order valence-electron chi connectivity index (χ3n) is 4.01. The van der Waals surface area contributed by atoms with Crippen molar-refractivity contribution in [2.45, 2.75) is 25.9 Å². The van der Waals surface area contributed by atoms with Gasteiger partial charge in [0.25, 0.3) is 5.91 Å². The Balaban J connectivity index is 1.74. The van der Waals surface area contributed by atoms with Crippen LogP contribution in [0.4, 0.5) is 11.6 Å². The SMILES string of the molecule is COc1ccc(Cl)cc1Nc1nc(C)cc(C(=O)NCC2CCCO2)n1. The molecule has 8 heteroatoms. The Morgan fingerprint density at radius 1 is 1.38 bits per heavy atom. The molecule has 1 atom stereocenters. The van der Waals surface area contributed by atoms with Crippen molar-refractivity contribution in [2.75, 3.05) is 25.6 Å². The minimum Gasteiger partial charge on any atom is -0.495 e. The van der Waals surface area contributed by atoms with Gasteiger partial charge in [-0.3, -0.25) is 4.79 Å². The van der Waals surface area contributed by atoms with Gasteiger partial charge in [0.05, 0.1) is 18.9 Å². The summed E-state index contributed by atoms with van der Waals surface area (Å²) in [6, 6.07) is 6.83. The van der Waals surface area contributed by atoms with Crippen LogP contribution in [-0.2, 0) is 4.74 Å². The normalized spacial score (nSPS) is 16.3. The van der Waals surface area contributed by atoms with Crippen molar-refractivity contribution in [2.24, 2.45) is 0 Å². The average Bonchev–Trinajstić information content (AvgIpc) is 3.13. The molecule has 1 aliphatic rings. The maximum absolute atomic E-state index is 12.4. The molecule has 0 radical (unpaired) electrons. The number of rotatable bonds is 6. The molecule has 1 saturated heterocycles. The molecule has 0 spiro atoms. The van der Waals surface area contributed by atoms with Gasteiger partial charge in [0.15, 0.2) is 0 Å². The number of nitrogens with one attached hydrogen (secondary N) is 2. The number of hydrogen-bond acceptors (Lipinski definition) is 6. The number of anilines is 2. The van der Waals surface area contributed by atoms with E-state index in [1.807, 2.05) is 0 Å². The lowest BCUT2D eigenvalue weighted by Crippen LogP contribution is -2.32. The highest BCUT2D eigenvalue weighted by Crippen LogP contribution is 2.29. The zero-order valence-corrected chi connectivity index (χ0v) is 15.5. The summed E-state index contributed by atoms with van der Waals surface area (Å²) in [5.74, 6) is 0.642. The van der Waals surface area contributed by atoms with Crippen LogP contribution in [0.2, 0.25) is 5.02 Å². The van der Waals surface area contributed by atoms with Gasteiger partial charge < -0.3 is 20.1 Å². The summed E-state index contributed by atoms with van der Waals surface area (Å²) in [7, 11) is 1.56. The number of halogens is 1. The van der Waals surface area contributed by atoms with Crippen LogP contribution in [-0.4, -0.2) is 42.2 Å². The Labute approximate surface area is 157 Å². The highest BCUT2D eigenvalue weighted by atomic mass is 35.5. The van der Waals surface area contributed by atoms with Crippen molar-refractivity contribution in [1.82, 2.24) is 15.3 Å². The number of carbonyl (C=O) groups is 1. The molecule has 1 aromatic heterocycles. The molecule has 26 heavy (non-hydrogen) atoms. The van der Waals surface area contributed by atoms with Crippen LogP contribution < -0.4 is 15.4 Å². The highest BCUT2D eigenvalue weighted by Gasteiger charge is 2.18. The van der Waals surface area contributed by atoms with E-state index in [9.17, 15) is 4.79 Å². The van der Waals surface area contributed by atoms with Gasteiger partial charge in [-0.15, -0.1) is 0 Å². The second-order valence-electron chi connectivity index (χ2n) is 6.03. The largest absolute Gasteiger partial charge is 0.495 e. The van der Waals surface area contributed by atoms with E-state index < -0.39 is 0 Å². The van der Waals surface area contributed by atoms with Gasteiger partial charge in [0.2, 0.25) is 5.95 Å². The molecule has 2 N–H and O–H groups in total. The van der Waals surface area contributed by atoms with Crippen LogP contribution in [0.1, 0.15) is 29.0 Å². The van der Waals surface area contributed by atoms with Gasteiger partial charge in [-0.05, 0) is 44.0 Å². The second-order valence-corrected chi connectivity index (χ2v) is 6.47. The summed E-state index contributed by atoms with van der Waals surface area (Å²) in [5.41, 5.74) is 1.58. The van der Waals surface area contributed by atoms with Gasteiger partial charge in [-0.25, -0.2) is 9.97 Å². The lowest BCUT2D eigenvalue weighted by Gasteiger charge is -2.13. The smallest absolute Gasteiger partial charge is 0.270 e. The van der Waals surface area contributed by atoms with E-state index in [0.717, 1.165) is 19.4 Å². The predicted molar refractivity (Wildman–Crippen MR) is 99.4 cm³/mol. The Morgan fingerprint density at radius 3 is 2.96 bits per heavy atom. The first kappa shape index (κ1) is 18.4. The zero-order valence-electron chi connectivity index (χ0n) is 14.7. The van der Waals surface area contributed by atoms with E-state index in [4.69, 9.17) is 21.1 Å². The molecular formula is C18H21ClN4O3. The fourth-order valence-corrected chi connectivity index (χ4v) is 2.91. The van der Waals surface area contributed by atoms with Gasteiger partial charge in [-0.2, -0.15) is 0 Å². The molecule has 0 saturated carbocycles. The van der Waals surface area contributed by atoms with E-state index in [2.05, 4.69) is 20.6 Å². The third-order valence-corrected chi connectivity index (χ3v) is 4.24. The molecular weight excluding hydrogens is 356 g/mol. The van der Waals surface area contributed by atoms with Crippen LogP contribution in [0.25, 0.3) is 0 Å². The van der Waals surface area contributed by atoms with Crippen molar-refractivity contribution >= 4 is 29.1 Å². The first-order chi connectivity index (χ1) is 12.5. The summed E-state index contributed by atoms with van der Waals surface area (Å²) in [4.78, 5) is 21.0. The quantitative estimate of drug-likeness (QED) is 0.805. The Hall–Kier alpha value is -2.38. The van der Waals surface area contributed by atoms with E-state index >= 15 is 0 Å². The first-order valence-corrected chi connectivity index (χ1v) is 8.79. The van der Waals surface area contributed by atoms with Crippen LogP contribution >= 0.6 is 11.6 Å². The number of benzene rings is 1. The van der Waals surface area contributed by atoms with E-state index in [-0.39, 0.29) is 12.0 Å². The molecule has 0 bridgehead atoms. The number of hydrogen-bond donors (Lipinski definition) is 2. The van der Waals surface area contributed by atoms with Crippen molar-refractivity contribution in [1.29, 1.82) is 0 Å². The molecule has 1 aliphatic heterocycles. The molecule has 1 unspecified atom stereocenters. The van der Waals surface area contributed by atoms with Gasteiger partial charge >= 0.3 is 0 Å². The van der Waals surface area contributed by atoms with E-state index in [1.165, 1.54) is 0 Å². The third kappa shape index (κ3) is 4.62. The van der Waals surface area contributed by atoms with Crippen molar-refractivity contribution in [3.63, 3.8) is 0 Å². The van der Waals surface area contributed by atoms with Crippen molar-refractivity contribution in [3.05, 3.63) is 40.7 Å². The molecule has 138 valence electrons. The monoisotopic (exact) mass is 376 g/mol. The average molecular weight is 377 g/mol. The van der Waals surface area contributed by atoms with E-state index in [1.54, 1.807) is 38.3 Å². The van der Waals surface area contributed by atoms with Gasteiger partial charge in [0.1, 0.15) is 11.4 Å². The second kappa shape index (κ2) is 8.33. The zero-order chi connectivity index (χ0) is 18.5. The molecule has 1 fully saturated rings. The van der Waals surface area contributed by atoms with Gasteiger partial charge in [-0.1, -0.05) is 11.6 Å². The molecule has 1 amide bonds. The minimum absolute atomic E-state index is 0.0789. The van der Waals surface area contributed by atoms with Crippen molar-refractivity contribution in [3.8, 4) is 5.75 Å². The van der Waals surface area contributed by atoms with Crippen molar-refractivity contribution < 1.29 is 14.3 Å². The molecule has 2 aromatic rings. The van der Waals surface area contributed by atoms with Crippen LogP contribution in [0.15, 0.2) is 24.3 Å². The molecule has 3 rings (SSSR count). The number of methoxy groups -OCH3 is 1. The standard InChI is InChI=1S/C18H21ClN4O3/c1-11-8-15(17(24)20-10-13-4-3-7-26-13)23-18(21-11)22-14-9-12(19)5-6-16(14)25-2/h5-6,8-9,13H,3-4,7,10H2,1-2H3,(H,20,24)(H,21,22,23). The number of nitrogens with zero attached hydrogens (tertiary/aromatic N) is 2. The predicted octanol–water partition coefficient (Wildman–Crippen LogP) is 3.10. The Bertz CT molecular complexity index is 794. The Kier molecular flexibility index (Phi) is 5.90. The first-order valence-electron chi connectivity index (χ1n) is 8.41. The number of aryl methyl sites for hydroxylation is 1. The summed E-state index contributed by atoms with van der Waals surface area (Å²) in [6.45, 7) is 3.04. The maximum atomic E-state index is 12.4. The maximum Gasteiger partial charge on any atom is 0.270 e. The van der Waals surface area contributed by atoms with Crippen LogP contribution in [0.5, 0.6) is 5.75 Å². The number of amides is 1. The number of ether oxygens (including phenoxy) is 2. The Morgan fingerprint density at radius 2 is 2.23 bits per heavy atom. The summed E-state index contributed by atoms with van der Waals surface area (Å²) < 4.78 is 10.8. The molecule has 0 aliphatic carbocycles. The number of carbonyl (C=O) groups excluding carboxylic acids is 1.